The van der Waals surface area contributed by atoms with E-state index in [1.165, 1.54) is 11.3 Å². The second-order valence-corrected chi connectivity index (χ2v) is 10.5. The lowest BCUT2D eigenvalue weighted by molar-refractivity contribution is -0.117. The predicted molar refractivity (Wildman–Crippen MR) is 118 cm³/mol. The Labute approximate surface area is 173 Å². The fraction of sp³-hybridized carbons (Fsp3) is 0.429. The van der Waals surface area contributed by atoms with E-state index < -0.39 is 0 Å². The van der Waals surface area contributed by atoms with E-state index in [4.69, 9.17) is 11.6 Å². The first kappa shape index (κ1) is 20.3. The largest absolute Gasteiger partial charge is 0.301 e. The minimum absolute atomic E-state index is 0.00168. The van der Waals surface area contributed by atoms with Gasteiger partial charge in [-0.2, -0.15) is 0 Å². The van der Waals surface area contributed by atoms with Gasteiger partial charge in [-0.25, -0.2) is 4.98 Å². The number of carbonyl (C=O) groups is 1. The Kier molecular flexibility index (Phi) is 5.94. The zero-order valence-electron chi connectivity index (χ0n) is 16.3. The summed E-state index contributed by atoms with van der Waals surface area (Å²) in [6.45, 7) is 10.6. The molecule has 0 fully saturated rings. The molecule has 1 N–H and O–H groups in total. The van der Waals surface area contributed by atoms with Gasteiger partial charge in [0.15, 0.2) is 5.13 Å². The molecule has 0 spiro atoms. The van der Waals surface area contributed by atoms with Gasteiger partial charge in [-0.1, -0.05) is 46.2 Å². The summed E-state index contributed by atoms with van der Waals surface area (Å²) in [5.74, 6) is 0.175. The number of thiazole rings is 1. The zero-order chi connectivity index (χ0) is 19.8. The average Bonchev–Trinajstić information content (AvgIpc) is 3.18. The molecule has 0 radical (unpaired) electrons. The molecule has 3 rings (SSSR count). The number of amides is 1. The molecule has 0 aliphatic heterocycles. The first-order valence-electron chi connectivity index (χ1n) is 9.08. The lowest BCUT2D eigenvalue weighted by Crippen LogP contribution is -2.22. The van der Waals surface area contributed by atoms with Crippen LogP contribution in [0.3, 0.4) is 0 Å². The van der Waals surface area contributed by atoms with E-state index in [0.717, 1.165) is 27.8 Å². The van der Waals surface area contributed by atoms with Gasteiger partial charge in [0.05, 0.1) is 11.6 Å². The van der Waals surface area contributed by atoms with Crippen LogP contribution >= 0.6 is 34.3 Å². The van der Waals surface area contributed by atoms with Crippen molar-refractivity contribution in [1.82, 2.24) is 4.98 Å². The highest BCUT2D eigenvalue weighted by Gasteiger charge is 2.26. The van der Waals surface area contributed by atoms with Crippen molar-refractivity contribution in [3.05, 3.63) is 45.2 Å². The summed E-state index contributed by atoms with van der Waals surface area (Å²) < 4.78 is 1.15. The third kappa shape index (κ3) is 4.71. The Hall–Kier alpha value is -1.43. The second kappa shape index (κ2) is 7.90. The number of fused-ring (bicyclic) bond motifs is 1. The summed E-state index contributed by atoms with van der Waals surface area (Å²) in [4.78, 5) is 17.8. The van der Waals surface area contributed by atoms with Crippen LogP contribution in [0.4, 0.5) is 5.13 Å². The topological polar surface area (TPSA) is 42.0 Å². The lowest BCUT2D eigenvalue weighted by Gasteiger charge is -2.18. The van der Waals surface area contributed by atoms with Gasteiger partial charge in [0, 0.05) is 20.5 Å². The number of hydrogen-bond acceptors (Lipinski definition) is 4. The summed E-state index contributed by atoms with van der Waals surface area (Å²) in [6.07, 6.45) is 0.779. The molecule has 3 nitrogen and oxygen atoms in total. The van der Waals surface area contributed by atoms with Crippen LogP contribution in [0.15, 0.2) is 29.0 Å². The average molecular weight is 421 g/mol. The molecule has 0 aliphatic rings. The van der Waals surface area contributed by atoms with Crippen LogP contribution in [-0.2, 0) is 10.2 Å². The van der Waals surface area contributed by atoms with Gasteiger partial charge >= 0.3 is 0 Å². The van der Waals surface area contributed by atoms with Crippen molar-refractivity contribution in [2.24, 2.45) is 5.92 Å². The van der Waals surface area contributed by atoms with E-state index in [2.05, 4.69) is 50.3 Å². The molecule has 3 aromatic rings. The highest BCUT2D eigenvalue weighted by molar-refractivity contribution is 7.17. The summed E-state index contributed by atoms with van der Waals surface area (Å²) in [5.41, 5.74) is 2.02. The molecule has 1 unspecified atom stereocenters. The fourth-order valence-corrected chi connectivity index (χ4v) is 5.11. The van der Waals surface area contributed by atoms with Crippen molar-refractivity contribution in [2.45, 2.75) is 52.4 Å². The van der Waals surface area contributed by atoms with Gasteiger partial charge < -0.3 is 5.32 Å². The Morgan fingerprint density at radius 2 is 1.96 bits per heavy atom. The number of anilines is 1. The van der Waals surface area contributed by atoms with E-state index in [9.17, 15) is 4.79 Å². The number of nitrogens with zero attached hydrogens (tertiary/aromatic N) is 1. The normalized spacial score (nSPS) is 13.3. The number of thiophene rings is 1. The smallest absolute Gasteiger partial charge is 0.233 e. The monoisotopic (exact) mass is 420 g/mol. The van der Waals surface area contributed by atoms with Gasteiger partial charge in [-0.15, -0.1) is 22.7 Å². The van der Waals surface area contributed by atoms with Crippen molar-refractivity contribution in [3.63, 3.8) is 0 Å². The summed E-state index contributed by atoms with van der Waals surface area (Å²) >= 11 is 9.35. The molecule has 144 valence electrons. The molecule has 0 bridgehead atoms. The second-order valence-electron chi connectivity index (χ2n) is 8.29. The van der Waals surface area contributed by atoms with Crippen LogP contribution in [0.25, 0.3) is 10.1 Å². The summed E-state index contributed by atoms with van der Waals surface area (Å²) in [5, 5.41) is 9.59. The molecule has 27 heavy (non-hydrogen) atoms. The van der Waals surface area contributed by atoms with E-state index in [-0.39, 0.29) is 17.2 Å². The number of nitrogens with one attached hydrogen (secondary N) is 1. The van der Waals surface area contributed by atoms with Gasteiger partial charge in [0.25, 0.3) is 0 Å². The summed E-state index contributed by atoms with van der Waals surface area (Å²) in [7, 11) is 0. The first-order chi connectivity index (χ1) is 12.6. The van der Waals surface area contributed by atoms with Gasteiger partial charge in [-0.05, 0) is 46.9 Å². The Morgan fingerprint density at radius 3 is 2.59 bits per heavy atom. The van der Waals surface area contributed by atoms with Crippen LogP contribution in [0.1, 0.15) is 58.2 Å². The molecule has 1 atom stereocenters. The van der Waals surface area contributed by atoms with E-state index >= 15 is 0 Å². The molecule has 0 saturated carbocycles. The Balaban J connectivity index is 1.91. The molecule has 2 aromatic heterocycles. The van der Waals surface area contributed by atoms with Gasteiger partial charge in [0.2, 0.25) is 5.91 Å². The maximum absolute atomic E-state index is 13.2. The van der Waals surface area contributed by atoms with Crippen molar-refractivity contribution < 1.29 is 4.79 Å². The predicted octanol–water partition coefficient (Wildman–Crippen LogP) is 7.08. The zero-order valence-corrected chi connectivity index (χ0v) is 18.7. The lowest BCUT2D eigenvalue weighted by atomic mass is 9.89. The fourth-order valence-electron chi connectivity index (χ4n) is 3.01. The standard InChI is InChI=1S/C21H25ClN2OS2/c1-12(2)8-15(16-10-26-17-7-6-13(22)9-14(16)17)19(25)24-20-23-18(11-27-20)21(3,4)5/h6-7,9-12,15H,8H2,1-5H3,(H,23,24,25). The number of halogens is 1. The van der Waals surface area contributed by atoms with Gasteiger partial charge in [0.1, 0.15) is 0 Å². The highest BCUT2D eigenvalue weighted by Crippen LogP contribution is 2.37. The Morgan fingerprint density at radius 1 is 1.22 bits per heavy atom. The Bertz CT molecular complexity index is 953. The van der Waals surface area contributed by atoms with Crippen molar-refractivity contribution in [3.8, 4) is 0 Å². The maximum Gasteiger partial charge on any atom is 0.233 e. The molecule has 0 saturated heterocycles. The molecular weight excluding hydrogens is 396 g/mol. The minimum Gasteiger partial charge on any atom is -0.301 e. The third-order valence-corrected chi connectivity index (χ3v) is 6.44. The van der Waals surface area contributed by atoms with E-state index in [1.807, 2.05) is 23.6 Å². The van der Waals surface area contributed by atoms with Crippen molar-refractivity contribution >= 4 is 55.4 Å². The third-order valence-electron chi connectivity index (χ3n) is 4.47. The number of rotatable bonds is 5. The van der Waals surface area contributed by atoms with Crippen LogP contribution in [0, 0.1) is 5.92 Å². The van der Waals surface area contributed by atoms with Crippen molar-refractivity contribution in [1.29, 1.82) is 0 Å². The van der Waals surface area contributed by atoms with Crippen LogP contribution in [0.5, 0.6) is 0 Å². The maximum atomic E-state index is 13.2. The first-order valence-corrected chi connectivity index (χ1v) is 11.2. The van der Waals surface area contributed by atoms with Crippen molar-refractivity contribution in [2.75, 3.05) is 5.32 Å². The minimum atomic E-state index is -0.223. The van der Waals surface area contributed by atoms with Crippen LogP contribution < -0.4 is 5.32 Å². The summed E-state index contributed by atoms with van der Waals surface area (Å²) in [6, 6.07) is 5.88. The number of carbonyl (C=O) groups excluding carboxylic acids is 1. The van der Waals surface area contributed by atoms with Crippen LogP contribution in [-0.4, -0.2) is 10.9 Å². The van der Waals surface area contributed by atoms with E-state index in [1.54, 1.807) is 11.3 Å². The molecule has 2 heterocycles. The van der Waals surface area contributed by atoms with Gasteiger partial charge in [-0.3, -0.25) is 4.79 Å². The highest BCUT2D eigenvalue weighted by atomic mass is 35.5. The SMILES string of the molecule is CC(C)CC(C(=O)Nc1nc(C(C)(C)C)cs1)c1csc2ccc(Cl)cc12. The molecule has 1 amide bonds. The molecular formula is C21H25ClN2OS2. The van der Waals surface area contributed by atoms with Crippen LogP contribution in [0.2, 0.25) is 5.02 Å². The number of aromatic nitrogens is 1. The molecule has 0 aliphatic carbocycles. The number of benzene rings is 1. The molecule has 1 aromatic carbocycles. The molecule has 6 heteroatoms. The quantitative estimate of drug-likeness (QED) is 0.479. The van der Waals surface area contributed by atoms with E-state index in [0.29, 0.717) is 16.1 Å². The number of hydrogen-bond donors (Lipinski definition) is 1.